The van der Waals surface area contributed by atoms with E-state index in [9.17, 15) is 4.79 Å². The van der Waals surface area contributed by atoms with E-state index in [-0.39, 0.29) is 11.9 Å². The lowest BCUT2D eigenvalue weighted by atomic mass is 9.95. The van der Waals surface area contributed by atoms with Crippen LogP contribution in [0.4, 0.5) is 0 Å². The fourth-order valence-corrected chi connectivity index (χ4v) is 3.40. The molecular weight excluding hydrogens is 330 g/mol. The molecule has 7 heteroatoms. The summed E-state index contributed by atoms with van der Waals surface area (Å²) in [7, 11) is 3.88. The monoisotopic (exact) mass is 351 g/mol. The Morgan fingerprint density at radius 3 is 2.88 bits per heavy atom. The highest BCUT2D eigenvalue weighted by Crippen LogP contribution is 2.26. The average Bonchev–Trinajstić information content (AvgIpc) is 3.20. The predicted octanol–water partition coefficient (Wildman–Crippen LogP) is 2.30. The molecule has 0 fully saturated rings. The zero-order chi connectivity index (χ0) is 18.3. The first-order valence-electron chi connectivity index (χ1n) is 8.55. The Morgan fingerprint density at radius 2 is 2.12 bits per heavy atom. The molecule has 0 bridgehead atoms. The number of benzene rings is 1. The first-order chi connectivity index (χ1) is 12.5. The largest absolute Gasteiger partial charge is 0.440 e. The molecule has 0 saturated heterocycles. The second-order valence-electron chi connectivity index (χ2n) is 6.75. The summed E-state index contributed by atoms with van der Waals surface area (Å²) in [5.74, 6) is 0.678. The Kier molecular flexibility index (Phi) is 4.08. The molecule has 3 aromatic rings. The predicted molar refractivity (Wildman–Crippen MR) is 96.4 cm³/mol. The van der Waals surface area contributed by atoms with Crippen LogP contribution in [0.3, 0.4) is 0 Å². The molecule has 7 nitrogen and oxygen atoms in total. The molecule has 1 N–H and O–H groups in total. The van der Waals surface area contributed by atoms with Gasteiger partial charge in [-0.15, -0.1) is 0 Å². The van der Waals surface area contributed by atoms with E-state index in [1.807, 2.05) is 19.2 Å². The van der Waals surface area contributed by atoms with Gasteiger partial charge in [0.1, 0.15) is 5.76 Å². The minimum atomic E-state index is -0.225. The van der Waals surface area contributed by atoms with Gasteiger partial charge in [-0.25, -0.2) is 4.98 Å². The lowest BCUT2D eigenvalue weighted by Crippen LogP contribution is -2.40. The standard InChI is InChI=1S/C19H21N5O2/c1-12-17(22-19(26-12)14-8-20-24(3)10-14)18(25)21-16-11-23(2)9-13-6-4-5-7-15(13)16/h4-8,10,16H,9,11H2,1-3H3,(H,21,25). The van der Waals surface area contributed by atoms with Crippen LogP contribution in [-0.4, -0.2) is 39.2 Å². The Labute approximate surface area is 151 Å². The minimum Gasteiger partial charge on any atom is -0.440 e. The first kappa shape index (κ1) is 16.5. The normalized spacial score (nSPS) is 17.1. The van der Waals surface area contributed by atoms with Crippen LogP contribution in [0.5, 0.6) is 0 Å². The maximum Gasteiger partial charge on any atom is 0.274 e. The molecule has 0 aliphatic carbocycles. The number of likely N-dealkylation sites (N-methyl/N-ethyl adjacent to an activating group) is 1. The second kappa shape index (κ2) is 6.42. The molecule has 1 atom stereocenters. The summed E-state index contributed by atoms with van der Waals surface area (Å²) >= 11 is 0. The maximum atomic E-state index is 12.8. The number of nitrogens with one attached hydrogen (secondary N) is 1. The van der Waals surface area contributed by atoms with Gasteiger partial charge in [-0.3, -0.25) is 14.4 Å². The highest BCUT2D eigenvalue weighted by Gasteiger charge is 2.27. The summed E-state index contributed by atoms with van der Waals surface area (Å²) in [4.78, 5) is 19.4. The maximum absolute atomic E-state index is 12.8. The van der Waals surface area contributed by atoms with Crippen LogP contribution in [0, 0.1) is 6.92 Å². The van der Waals surface area contributed by atoms with Crippen molar-refractivity contribution < 1.29 is 9.21 Å². The van der Waals surface area contributed by atoms with Gasteiger partial charge in [0.15, 0.2) is 5.69 Å². The van der Waals surface area contributed by atoms with Crippen molar-refractivity contribution in [1.29, 1.82) is 0 Å². The summed E-state index contributed by atoms with van der Waals surface area (Å²) in [5, 5.41) is 7.22. The molecule has 134 valence electrons. The second-order valence-corrected chi connectivity index (χ2v) is 6.75. The highest BCUT2D eigenvalue weighted by molar-refractivity contribution is 5.94. The summed E-state index contributed by atoms with van der Waals surface area (Å²) in [6.45, 7) is 3.40. The number of nitrogens with zero attached hydrogens (tertiary/aromatic N) is 4. The van der Waals surface area contributed by atoms with Crippen LogP contribution >= 0.6 is 0 Å². The number of aromatic nitrogens is 3. The summed E-state index contributed by atoms with van der Waals surface area (Å²) < 4.78 is 7.35. The molecular formula is C19H21N5O2. The zero-order valence-corrected chi connectivity index (χ0v) is 15.1. The van der Waals surface area contributed by atoms with E-state index in [0.717, 1.165) is 24.2 Å². The van der Waals surface area contributed by atoms with Crippen LogP contribution in [0.25, 0.3) is 11.5 Å². The number of rotatable bonds is 3. The van der Waals surface area contributed by atoms with Crippen LogP contribution in [0.1, 0.15) is 33.4 Å². The van der Waals surface area contributed by atoms with Gasteiger partial charge in [0.05, 0.1) is 17.8 Å². The van der Waals surface area contributed by atoms with Crippen molar-refractivity contribution in [2.45, 2.75) is 19.5 Å². The van der Waals surface area contributed by atoms with Gasteiger partial charge in [-0.05, 0) is 25.1 Å². The average molecular weight is 351 g/mol. The van der Waals surface area contributed by atoms with Crippen molar-refractivity contribution in [2.75, 3.05) is 13.6 Å². The minimum absolute atomic E-state index is 0.0737. The molecule has 26 heavy (non-hydrogen) atoms. The Morgan fingerprint density at radius 1 is 1.31 bits per heavy atom. The molecule has 1 aromatic carbocycles. The van der Waals surface area contributed by atoms with Gasteiger partial charge in [-0.2, -0.15) is 5.10 Å². The molecule has 1 aliphatic rings. The van der Waals surface area contributed by atoms with Gasteiger partial charge < -0.3 is 9.73 Å². The van der Waals surface area contributed by atoms with E-state index in [2.05, 4.69) is 39.5 Å². The van der Waals surface area contributed by atoms with E-state index < -0.39 is 0 Å². The number of oxazole rings is 1. The third-order valence-electron chi connectivity index (χ3n) is 4.63. The van der Waals surface area contributed by atoms with Gasteiger partial charge >= 0.3 is 0 Å². The van der Waals surface area contributed by atoms with Crippen molar-refractivity contribution in [3.8, 4) is 11.5 Å². The van der Waals surface area contributed by atoms with Crippen molar-refractivity contribution in [1.82, 2.24) is 25.0 Å². The SMILES string of the molecule is Cc1oc(-c2cnn(C)c2)nc1C(=O)NC1CN(C)Cc2ccccc21. The van der Waals surface area contributed by atoms with Gasteiger partial charge in [0.25, 0.3) is 5.91 Å². The van der Waals surface area contributed by atoms with Crippen molar-refractivity contribution in [2.24, 2.45) is 7.05 Å². The fourth-order valence-electron chi connectivity index (χ4n) is 3.40. The van der Waals surface area contributed by atoms with Crippen molar-refractivity contribution in [3.63, 3.8) is 0 Å². The Bertz CT molecular complexity index is 959. The smallest absolute Gasteiger partial charge is 0.274 e. The zero-order valence-electron chi connectivity index (χ0n) is 15.1. The third kappa shape index (κ3) is 3.01. The molecule has 1 amide bonds. The van der Waals surface area contributed by atoms with Crippen LogP contribution in [0.15, 0.2) is 41.1 Å². The van der Waals surface area contributed by atoms with E-state index in [1.165, 1.54) is 5.56 Å². The number of fused-ring (bicyclic) bond motifs is 1. The fraction of sp³-hybridized carbons (Fsp3) is 0.316. The summed E-state index contributed by atoms with van der Waals surface area (Å²) in [5.41, 5.74) is 3.46. The third-order valence-corrected chi connectivity index (χ3v) is 4.63. The lowest BCUT2D eigenvalue weighted by molar-refractivity contribution is 0.0916. The Balaban J connectivity index is 1.58. The molecule has 4 rings (SSSR count). The number of aryl methyl sites for hydroxylation is 2. The summed E-state index contributed by atoms with van der Waals surface area (Å²) in [6, 6.07) is 8.13. The van der Waals surface area contributed by atoms with E-state index in [0.29, 0.717) is 17.3 Å². The summed E-state index contributed by atoms with van der Waals surface area (Å²) in [6.07, 6.45) is 3.47. The van der Waals surface area contributed by atoms with Crippen molar-refractivity contribution >= 4 is 5.91 Å². The first-order valence-corrected chi connectivity index (χ1v) is 8.55. The molecule has 3 heterocycles. The van der Waals surface area contributed by atoms with E-state index >= 15 is 0 Å². The van der Waals surface area contributed by atoms with Crippen LogP contribution in [0.2, 0.25) is 0 Å². The van der Waals surface area contributed by atoms with Crippen molar-refractivity contribution in [3.05, 3.63) is 59.2 Å². The molecule has 0 saturated carbocycles. The number of hydrogen-bond acceptors (Lipinski definition) is 5. The topological polar surface area (TPSA) is 76.2 Å². The molecule has 1 aliphatic heterocycles. The molecule has 0 spiro atoms. The van der Waals surface area contributed by atoms with Crippen LogP contribution in [-0.2, 0) is 13.6 Å². The van der Waals surface area contributed by atoms with Gasteiger partial charge in [0, 0.05) is 26.3 Å². The Hall–Kier alpha value is -2.93. The van der Waals surface area contributed by atoms with E-state index in [4.69, 9.17) is 4.42 Å². The number of carbonyl (C=O) groups is 1. The molecule has 0 radical (unpaired) electrons. The quantitative estimate of drug-likeness (QED) is 0.784. The van der Waals surface area contributed by atoms with Crippen LogP contribution < -0.4 is 5.32 Å². The highest BCUT2D eigenvalue weighted by atomic mass is 16.4. The molecule has 1 unspecified atom stereocenters. The van der Waals surface area contributed by atoms with E-state index in [1.54, 1.807) is 24.0 Å². The number of hydrogen-bond donors (Lipinski definition) is 1. The number of carbonyl (C=O) groups excluding carboxylic acids is 1. The molecule has 2 aromatic heterocycles. The van der Waals surface area contributed by atoms with Gasteiger partial charge in [-0.1, -0.05) is 24.3 Å². The number of amides is 1. The lowest BCUT2D eigenvalue weighted by Gasteiger charge is -2.32. The van der Waals surface area contributed by atoms with Gasteiger partial charge in [0.2, 0.25) is 5.89 Å².